The van der Waals surface area contributed by atoms with Gasteiger partial charge < -0.3 is 14.5 Å². The summed E-state index contributed by atoms with van der Waals surface area (Å²) in [7, 11) is 0. The molecule has 1 heterocycles. The maximum absolute atomic E-state index is 11.7. The largest absolute Gasteiger partial charge is 0.459 e. The number of rotatable bonds is 4. The Labute approximate surface area is 100 Å². The molecule has 92 valence electrons. The second-order valence-electron chi connectivity index (χ2n) is 4.57. The van der Waals surface area contributed by atoms with E-state index in [-0.39, 0.29) is 11.9 Å². The summed E-state index contributed by atoms with van der Waals surface area (Å²) in [5.41, 5.74) is 0. The summed E-state index contributed by atoms with van der Waals surface area (Å²) in [6.07, 6.45) is 7.07. The molecule has 0 unspecified atom stereocenters. The monoisotopic (exact) mass is 235 g/mol. The summed E-state index contributed by atoms with van der Waals surface area (Å²) in [5.74, 6) is 0.720. The van der Waals surface area contributed by atoms with Crippen molar-refractivity contribution in [3.8, 4) is 0 Å². The first-order valence-corrected chi connectivity index (χ1v) is 6.07. The predicted molar refractivity (Wildman–Crippen MR) is 62.6 cm³/mol. The first-order valence-electron chi connectivity index (χ1n) is 6.07. The molecule has 1 aliphatic carbocycles. The van der Waals surface area contributed by atoms with Crippen LogP contribution >= 0.6 is 0 Å². The van der Waals surface area contributed by atoms with Crippen molar-refractivity contribution >= 4 is 12.2 Å². The Morgan fingerprint density at radius 2 is 2.18 bits per heavy atom. The molecule has 1 aromatic heterocycles. The average Bonchev–Trinajstić information content (AvgIpc) is 2.86. The second-order valence-corrected chi connectivity index (χ2v) is 4.57. The van der Waals surface area contributed by atoms with Crippen LogP contribution in [0.15, 0.2) is 22.8 Å². The summed E-state index contributed by atoms with van der Waals surface area (Å²) in [4.78, 5) is 22.1. The van der Waals surface area contributed by atoms with Crippen LogP contribution < -0.4 is 5.32 Å². The van der Waals surface area contributed by atoms with Gasteiger partial charge in [-0.05, 0) is 43.7 Å². The Hall–Kier alpha value is -1.58. The van der Waals surface area contributed by atoms with Crippen LogP contribution in [0.4, 0.5) is 0 Å². The molecule has 0 saturated heterocycles. The molecular formula is C13H17NO3. The van der Waals surface area contributed by atoms with Crippen LogP contribution in [0, 0.1) is 5.92 Å². The minimum absolute atomic E-state index is 0.145. The van der Waals surface area contributed by atoms with Crippen LogP contribution in [0.1, 0.15) is 42.7 Å². The molecule has 1 saturated carbocycles. The van der Waals surface area contributed by atoms with Gasteiger partial charge in [0, 0.05) is 12.5 Å². The maximum atomic E-state index is 11.7. The molecule has 4 heteroatoms. The Kier molecular flexibility index (Phi) is 3.96. The average molecular weight is 235 g/mol. The number of carbonyl (C=O) groups is 2. The van der Waals surface area contributed by atoms with Crippen molar-refractivity contribution in [3.63, 3.8) is 0 Å². The van der Waals surface area contributed by atoms with E-state index in [1.165, 1.54) is 6.26 Å². The third kappa shape index (κ3) is 3.19. The molecule has 0 bridgehead atoms. The van der Waals surface area contributed by atoms with E-state index in [0.717, 1.165) is 32.0 Å². The first-order chi connectivity index (χ1) is 8.29. The molecule has 2 rings (SSSR count). The van der Waals surface area contributed by atoms with Gasteiger partial charge in [-0.25, -0.2) is 0 Å². The molecule has 1 amide bonds. The fourth-order valence-electron chi connectivity index (χ4n) is 2.34. The number of amides is 1. The Bertz CT molecular complexity index is 364. The molecule has 1 aliphatic rings. The lowest BCUT2D eigenvalue weighted by atomic mass is 9.84. The van der Waals surface area contributed by atoms with Gasteiger partial charge in [-0.3, -0.25) is 4.79 Å². The summed E-state index contributed by atoms with van der Waals surface area (Å²) in [5, 5.41) is 2.96. The van der Waals surface area contributed by atoms with Crippen molar-refractivity contribution in [3.05, 3.63) is 24.2 Å². The van der Waals surface area contributed by atoms with E-state index in [0.29, 0.717) is 18.1 Å². The highest BCUT2D eigenvalue weighted by Crippen LogP contribution is 2.26. The summed E-state index contributed by atoms with van der Waals surface area (Å²) in [6, 6.07) is 3.58. The summed E-state index contributed by atoms with van der Waals surface area (Å²) >= 11 is 0. The van der Waals surface area contributed by atoms with Crippen LogP contribution in [0.3, 0.4) is 0 Å². The third-order valence-electron chi connectivity index (χ3n) is 3.36. The summed E-state index contributed by atoms with van der Waals surface area (Å²) < 4.78 is 5.04. The van der Waals surface area contributed by atoms with Crippen LogP contribution in [-0.4, -0.2) is 18.2 Å². The topological polar surface area (TPSA) is 59.3 Å². The minimum Gasteiger partial charge on any atom is -0.459 e. The van der Waals surface area contributed by atoms with Gasteiger partial charge in [-0.2, -0.15) is 0 Å². The Morgan fingerprint density at radius 3 is 2.76 bits per heavy atom. The number of nitrogens with one attached hydrogen (secondary N) is 1. The highest BCUT2D eigenvalue weighted by molar-refractivity contribution is 5.91. The molecule has 0 aliphatic heterocycles. The Morgan fingerprint density at radius 1 is 1.41 bits per heavy atom. The van der Waals surface area contributed by atoms with Gasteiger partial charge in [-0.15, -0.1) is 0 Å². The zero-order valence-electron chi connectivity index (χ0n) is 9.72. The maximum Gasteiger partial charge on any atom is 0.287 e. The van der Waals surface area contributed by atoms with Gasteiger partial charge in [-0.1, -0.05) is 0 Å². The number of furan rings is 1. The van der Waals surface area contributed by atoms with Crippen molar-refractivity contribution in [2.75, 3.05) is 0 Å². The van der Waals surface area contributed by atoms with E-state index in [1.807, 2.05) is 0 Å². The first kappa shape index (κ1) is 11.9. The molecular weight excluding hydrogens is 218 g/mol. The van der Waals surface area contributed by atoms with E-state index in [9.17, 15) is 9.59 Å². The molecule has 0 atom stereocenters. The van der Waals surface area contributed by atoms with Gasteiger partial charge in [0.15, 0.2) is 5.76 Å². The summed E-state index contributed by atoms with van der Waals surface area (Å²) in [6.45, 7) is 0. The van der Waals surface area contributed by atoms with Gasteiger partial charge in [0.1, 0.15) is 6.29 Å². The molecule has 4 nitrogen and oxygen atoms in total. The molecule has 0 aromatic carbocycles. The van der Waals surface area contributed by atoms with Crippen LogP contribution in [0.25, 0.3) is 0 Å². The van der Waals surface area contributed by atoms with Crippen molar-refractivity contribution in [2.24, 2.45) is 5.92 Å². The smallest absolute Gasteiger partial charge is 0.287 e. The van der Waals surface area contributed by atoms with Gasteiger partial charge in [0.25, 0.3) is 5.91 Å². The van der Waals surface area contributed by atoms with Crippen molar-refractivity contribution in [1.82, 2.24) is 5.32 Å². The number of hydrogen-bond donors (Lipinski definition) is 1. The number of carbonyl (C=O) groups excluding carboxylic acids is 2. The normalized spacial score (nSPS) is 24.2. The van der Waals surface area contributed by atoms with Gasteiger partial charge in [0.05, 0.1) is 6.26 Å². The highest BCUT2D eigenvalue weighted by atomic mass is 16.3. The SMILES string of the molecule is O=CCC1CCC(NC(=O)c2ccco2)CC1. The predicted octanol–water partition coefficient (Wildman–Crippen LogP) is 2.16. The van der Waals surface area contributed by atoms with Crippen molar-refractivity contribution < 1.29 is 14.0 Å². The number of hydrogen-bond acceptors (Lipinski definition) is 3. The third-order valence-corrected chi connectivity index (χ3v) is 3.36. The fourth-order valence-corrected chi connectivity index (χ4v) is 2.34. The molecule has 1 aromatic rings. The van der Waals surface area contributed by atoms with Gasteiger partial charge >= 0.3 is 0 Å². The van der Waals surface area contributed by atoms with E-state index < -0.39 is 0 Å². The van der Waals surface area contributed by atoms with Crippen molar-refractivity contribution in [1.29, 1.82) is 0 Å². The molecule has 1 N–H and O–H groups in total. The lowest BCUT2D eigenvalue weighted by Gasteiger charge is -2.27. The molecule has 1 fully saturated rings. The lowest BCUT2D eigenvalue weighted by molar-refractivity contribution is -0.108. The van der Waals surface area contributed by atoms with E-state index >= 15 is 0 Å². The van der Waals surface area contributed by atoms with Crippen LogP contribution in [-0.2, 0) is 4.79 Å². The van der Waals surface area contributed by atoms with Crippen LogP contribution in [0.2, 0.25) is 0 Å². The highest BCUT2D eigenvalue weighted by Gasteiger charge is 2.22. The quantitative estimate of drug-likeness (QED) is 0.813. The number of aldehydes is 1. The zero-order chi connectivity index (χ0) is 12.1. The standard InChI is InChI=1S/C13H17NO3/c15-8-7-10-3-5-11(6-4-10)14-13(16)12-2-1-9-17-12/h1-2,8-11H,3-7H2,(H,14,16). The second kappa shape index (κ2) is 5.66. The Balaban J connectivity index is 1.78. The van der Waals surface area contributed by atoms with E-state index in [1.54, 1.807) is 12.1 Å². The van der Waals surface area contributed by atoms with Crippen molar-refractivity contribution in [2.45, 2.75) is 38.1 Å². The molecule has 0 spiro atoms. The molecule has 17 heavy (non-hydrogen) atoms. The van der Waals surface area contributed by atoms with Gasteiger partial charge in [0.2, 0.25) is 0 Å². The lowest BCUT2D eigenvalue weighted by Crippen LogP contribution is -2.37. The molecule has 0 radical (unpaired) electrons. The van der Waals surface area contributed by atoms with E-state index in [2.05, 4.69) is 5.32 Å². The van der Waals surface area contributed by atoms with E-state index in [4.69, 9.17) is 4.42 Å². The fraction of sp³-hybridized carbons (Fsp3) is 0.538. The zero-order valence-corrected chi connectivity index (χ0v) is 9.72. The minimum atomic E-state index is -0.145. The van der Waals surface area contributed by atoms with Crippen LogP contribution in [0.5, 0.6) is 0 Å².